The molecule has 0 radical (unpaired) electrons. The van der Waals surface area contributed by atoms with Gasteiger partial charge in [-0.2, -0.15) is 0 Å². The Hall–Kier alpha value is -1.39. The van der Waals surface area contributed by atoms with Gasteiger partial charge in [-0.3, -0.25) is 9.59 Å². The Morgan fingerprint density at radius 3 is 1.45 bits per heavy atom. The molecule has 0 aliphatic carbocycles. The van der Waals surface area contributed by atoms with Crippen LogP contribution in [-0.2, 0) is 19.1 Å². The van der Waals surface area contributed by atoms with E-state index in [1.807, 2.05) is 6.92 Å². The number of unbranched alkanes of at least 4 members (excludes halogenated alkanes) is 16. The Bertz CT molecular complexity index is 489. The number of hydrogen-bond acceptors (Lipinski definition) is 4. The molecule has 0 heterocycles. The molecule has 0 bridgehead atoms. The summed E-state index contributed by atoms with van der Waals surface area (Å²) >= 11 is 0. The lowest BCUT2D eigenvalue weighted by Gasteiger charge is -2.13. The summed E-state index contributed by atoms with van der Waals surface area (Å²) in [5.74, 6) is -1.62. The Morgan fingerprint density at radius 1 is 0.576 bits per heavy atom. The zero-order valence-electron chi connectivity index (χ0n) is 21.7. The molecule has 194 valence electrons. The van der Waals surface area contributed by atoms with Crippen molar-refractivity contribution in [2.24, 2.45) is 0 Å². The number of esters is 1. The van der Waals surface area contributed by atoms with Crippen molar-refractivity contribution in [2.75, 3.05) is 0 Å². The summed E-state index contributed by atoms with van der Waals surface area (Å²) in [4.78, 5) is 35.0. The predicted octanol–water partition coefficient (Wildman–Crippen LogP) is 8.17. The van der Waals surface area contributed by atoms with Crippen molar-refractivity contribution in [2.45, 2.75) is 161 Å². The van der Waals surface area contributed by atoms with Crippen LogP contribution in [0.15, 0.2) is 0 Å². The molecule has 33 heavy (non-hydrogen) atoms. The van der Waals surface area contributed by atoms with Gasteiger partial charge in [-0.05, 0) is 19.3 Å². The second-order valence-electron chi connectivity index (χ2n) is 9.55. The molecule has 0 amide bonds. The molecule has 0 saturated heterocycles. The first kappa shape index (κ1) is 31.6. The number of rotatable bonds is 25. The average Bonchev–Trinajstić information content (AvgIpc) is 2.79. The summed E-state index contributed by atoms with van der Waals surface area (Å²) in [5.41, 5.74) is 0. The minimum absolute atomic E-state index is 0.0187. The van der Waals surface area contributed by atoms with Crippen LogP contribution in [0, 0.1) is 0 Å². The summed E-state index contributed by atoms with van der Waals surface area (Å²) in [5, 5.41) is 9.16. The van der Waals surface area contributed by atoms with E-state index < -0.39 is 18.0 Å². The number of ketones is 1. The van der Waals surface area contributed by atoms with E-state index in [-0.39, 0.29) is 18.6 Å². The molecule has 1 unspecified atom stereocenters. The highest BCUT2D eigenvalue weighted by Crippen LogP contribution is 2.14. The summed E-state index contributed by atoms with van der Waals surface area (Å²) in [6.45, 7) is 4.30. The highest BCUT2D eigenvalue weighted by atomic mass is 16.6. The Labute approximate surface area is 203 Å². The van der Waals surface area contributed by atoms with Crippen LogP contribution in [0.4, 0.5) is 0 Å². The predicted molar refractivity (Wildman–Crippen MR) is 135 cm³/mol. The van der Waals surface area contributed by atoms with Gasteiger partial charge < -0.3 is 9.84 Å². The van der Waals surface area contributed by atoms with E-state index in [9.17, 15) is 14.4 Å². The number of carboxylic acids is 1. The fourth-order valence-electron chi connectivity index (χ4n) is 4.09. The van der Waals surface area contributed by atoms with Gasteiger partial charge in [-0.15, -0.1) is 0 Å². The fourth-order valence-corrected chi connectivity index (χ4v) is 4.09. The molecule has 0 aliphatic rings. The van der Waals surface area contributed by atoms with Crippen molar-refractivity contribution in [1.29, 1.82) is 0 Å². The van der Waals surface area contributed by atoms with E-state index in [1.165, 1.54) is 83.5 Å². The average molecular weight is 469 g/mol. The van der Waals surface area contributed by atoms with Crippen LogP contribution in [-0.4, -0.2) is 28.9 Å². The highest BCUT2D eigenvalue weighted by molar-refractivity contribution is 5.84. The minimum Gasteiger partial charge on any atom is -0.479 e. The highest BCUT2D eigenvalue weighted by Gasteiger charge is 2.21. The second-order valence-corrected chi connectivity index (χ2v) is 9.55. The molecular weight excluding hydrogens is 416 g/mol. The van der Waals surface area contributed by atoms with Gasteiger partial charge in [-0.25, -0.2) is 4.79 Å². The number of ether oxygens (including phenoxy) is 1. The third kappa shape index (κ3) is 22.2. The number of carbonyl (C=O) groups excluding carboxylic acids is 2. The number of carbonyl (C=O) groups is 3. The molecule has 1 N–H and O–H groups in total. The molecule has 0 aliphatic heterocycles. The van der Waals surface area contributed by atoms with E-state index in [1.54, 1.807) is 0 Å². The molecule has 0 rings (SSSR count). The third-order valence-electron chi connectivity index (χ3n) is 6.29. The van der Waals surface area contributed by atoms with Gasteiger partial charge in [-0.1, -0.05) is 117 Å². The normalized spacial score (nSPS) is 11.9. The van der Waals surface area contributed by atoms with Crippen molar-refractivity contribution in [3.8, 4) is 0 Å². The van der Waals surface area contributed by atoms with Crippen LogP contribution in [0.2, 0.25) is 0 Å². The second kappa shape index (κ2) is 23.8. The van der Waals surface area contributed by atoms with E-state index >= 15 is 0 Å². The van der Waals surface area contributed by atoms with E-state index in [4.69, 9.17) is 9.84 Å². The van der Waals surface area contributed by atoms with Crippen molar-refractivity contribution >= 4 is 17.7 Å². The van der Waals surface area contributed by atoms with Crippen molar-refractivity contribution in [3.63, 3.8) is 0 Å². The molecule has 0 saturated carbocycles. The van der Waals surface area contributed by atoms with Gasteiger partial charge in [0.1, 0.15) is 5.78 Å². The molecule has 1 atom stereocenters. The summed E-state index contributed by atoms with van der Waals surface area (Å²) < 4.78 is 5.05. The Kier molecular flexibility index (Phi) is 22.8. The van der Waals surface area contributed by atoms with Gasteiger partial charge in [0.25, 0.3) is 0 Å². The van der Waals surface area contributed by atoms with Gasteiger partial charge in [0.15, 0.2) is 6.10 Å². The van der Waals surface area contributed by atoms with Crippen LogP contribution >= 0.6 is 0 Å². The molecule has 0 spiro atoms. The molecular formula is C28H52O5. The largest absolute Gasteiger partial charge is 0.479 e. The smallest absolute Gasteiger partial charge is 0.345 e. The maximum absolute atomic E-state index is 12.0. The van der Waals surface area contributed by atoms with Gasteiger partial charge >= 0.3 is 11.9 Å². The zero-order chi connectivity index (χ0) is 24.6. The van der Waals surface area contributed by atoms with E-state index in [0.29, 0.717) is 12.8 Å². The van der Waals surface area contributed by atoms with Crippen molar-refractivity contribution < 1.29 is 24.2 Å². The molecule has 5 heteroatoms. The SMILES string of the molecule is CCCCCCCCCCCCCCCCCC(=O)CCC(=O)OC(CCCCC)C(=O)O. The first-order valence-electron chi connectivity index (χ1n) is 13.9. The summed E-state index contributed by atoms with van der Waals surface area (Å²) in [6.07, 6.45) is 21.9. The topological polar surface area (TPSA) is 80.7 Å². The minimum atomic E-state index is -1.11. The first-order valence-corrected chi connectivity index (χ1v) is 13.9. The summed E-state index contributed by atoms with van der Waals surface area (Å²) in [6, 6.07) is 0. The number of carboxylic acid groups (broad SMARTS) is 1. The standard InChI is InChI=1S/C28H52O5/c1-3-5-7-8-9-10-11-12-13-14-15-16-17-18-20-21-25(29)23-24-27(30)33-26(28(31)32)22-19-6-4-2/h26H,3-24H2,1-2H3,(H,31,32). The van der Waals surface area contributed by atoms with Crippen molar-refractivity contribution in [3.05, 3.63) is 0 Å². The molecule has 5 nitrogen and oxygen atoms in total. The van der Waals surface area contributed by atoms with Gasteiger partial charge in [0.2, 0.25) is 0 Å². The van der Waals surface area contributed by atoms with Crippen LogP contribution in [0.5, 0.6) is 0 Å². The van der Waals surface area contributed by atoms with Gasteiger partial charge in [0, 0.05) is 12.8 Å². The molecule has 0 aromatic heterocycles. The van der Waals surface area contributed by atoms with Crippen LogP contribution in [0.25, 0.3) is 0 Å². The third-order valence-corrected chi connectivity index (χ3v) is 6.29. The van der Waals surface area contributed by atoms with Crippen LogP contribution in [0.1, 0.15) is 155 Å². The molecule has 0 aromatic carbocycles. The number of aliphatic carboxylic acids is 1. The first-order chi connectivity index (χ1) is 16.0. The van der Waals surface area contributed by atoms with Crippen molar-refractivity contribution in [1.82, 2.24) is 0 Å². The maximum Gasteiger partial charge on any atom is 0.345 e. The lowest BCUT2D eigenvalue weighted by molar-refractivity contribution is -0.164. The summed E-state index contributed by atoms with van der Waals surface area (Å²) in [7, 11) is 0. The van der Waals surface area contributed by atoms with Crippen LogP contribution in [0.3, 0.4) is 0 Å². The number of Topliss-reactive ketones (excluding diaryl/α,β-unsaturated/α-hetero) is 1. The lowest BCUT2D eigenvalue weighted by Crippen LogP contribution is -2.27. The maximum atomic E-state index is 12.0. The lowest BCUT2D eigenvalue weighted by atomic mass is 10.0. The van der Waals surface area contributed by atoms with E-state index in [2.05, 4.69) is 6.92 Å². The molecule has 0 aromatic rings. The quantitative estimate of drug-likeness (QED) is 0.108. The molecule has 0 fully saturated rings. The monoisotopic (exact) mass is 468 g/mol. The Morgan fingerprint density at radius 2 is 1.00 bits per heavy atom. The van der Waals surface area contributed by atoms with Crippen LogP contribution < -0.4 is 0 Å². The fraction of sp³-hybridized carbons (Fsp3) is 0.893. The zero-order valence-corrected chi connectivity index (χ0v) is 21.7. The Balaban J connectivity index is 3.53. The van der Waals surface area contributed by atoms with E-state index in [0.717, 1.165) is 32.1 Å². The number of hydrogen-bond donors (Lipinski definition) is 1. The van der Waals surface area contributed by atoms with Gasteiger partial charge in [0.05, 0.1) is 6.42 Å².